The average molecular weight is 451 g/mol. The minimum Gasteiger partial charge on any atom is -0.472 e. The van der Waals surface area contributed by atoms with Crippen molar-refractivity contribution in [1.82, 2.24) is 19.8 Å². The SMILES string of the molecule is CCC(=O)N(C)C[C@@H]1Oc2ncc(C#Cc3cccnc3)cc2C(=O)N([C@H](C)CO)C[C@H]1C. The smallest absolute Gasteiger partial charge is 0.259 e. The molecule has 33 heavy (non-hydrogen) atoms. The number of carbonyl (C=O) groups is 2. The highest BCUT2D eigenvalue weighted by atomic mass is 16.5. The zero-order valence-electron chi connectivity index (χ0n) is 19.5. The highest BCUT2D eigenvalue weighted by Gasteiger charge is 2.34. The number of ether oxygens (including phenoxy) is 1. The van der Waals surface area contributed by atoms with Crippen molar-refractivity contribution < 1.29 is 19.4 Å². The van der Waals surface area contributed by atoms with Crippen LogP contribution < -0.4 is 4.74 Å². The number of hydrogen-bond donors (Lipinski definition) is 1. The molecule has 0 aliphatic carbocycles. The molecular formula is C25H30N4O4. The van der Waals surface area contributed by atoms with E-state index in [1.165, 1.54) is 0 Å². The Morgan fingerprint density at radius 3 is 2.79 bits per heavy atom. The fourth-order valence-electron chi connectivity index (χ4n) is 3.61. The molecule has 0 aromatic carbocycles. The van der Waals surface area contributed by atoms with Crippen LogP contribution in [0.5, 0.6) is 5.88 Å². The summed E-state index contributed by atoms with van der Waals surface area (Å²) in [5.74, 6) is 5.89. The maximum atomic E-state index is 13.4. The molecule has 0 fully saturated rings. The summed E-state index contributed by atoms with van der Waals surface area (Å²) in [5.41, 5.74) is 1.60. The van der Waals surface area contributed by atoms with Crippen LogP contribution in [0.1, 0.15) is 48.7 Å². The molecule has 0 unspecified atom stereocenters. The van der Waals surface area contributed by atoms with Gasteiger partial charge in [0.15, 0.2) is 0 Å². The number of hydrogen-bond acceptors (Lipinski definition) is 6. The quantitative estimate of drug-likeness (QED) is 0.700. The van der Waals surface area contributed by atoms with Crippen molar-refractivity contribution in [2.45, 2.75) is 39.3 Å². The van der Waals surface area contributed by atoms with Gasteiger partial charge in [-0.2, -0.15) is 0 Å². The number of likely N-dealkylation sites (N-methyl/N-ethyl adjacent to an activating group) is 1. The van der Waals surface area contributed by atoms with E-state index in [4.69, 9.17) is 4.74 Å². The number of fused-ring (bicyclic) bond motifs is 1. The molecule has 2 aromatic rings. The first-order chi connectivity index (χ1) is 15.8. The van der Waals surface area contributed by atoms with E-state index < -0.39 is 0 Å². The van der Waals surface area contributed by atoms with E-state index >= 15 is 0 Å². The second kappa shape index (κ2) is 10.9. The van der Waals surface area contributed by atoms with Crippen LogP contribution in [0.15, 0.2) is 36.8 Å². The molecule has 3 heterocycles. The number of aliphatic hydroxyl groups excluding tert-OH is 1. The zero-order valence-corrected chi connectivity index (χ0v) is 19.5. The van der Waals surface area contributed by atoms with E-state index in [0.29, 0.717) is 25.1 Å². The van der Waals surface area contributed by atoms with E-state index in [1.54, 1.807) is 54.5 Å². The van der Waals surface area contributed by atoms with Gasteiger partial charge in [-0.25, -0.2) is 4.98 Å². The van der Waals surface area contributed by atoms with Gasteiger partial charge in [-0.15, -0.1) is 0 Å². The number of carbonyl (C=O) groups excluding carboxylic acids is 2. The minimum absolute atomic E-state index is 0.0127. The van der Waals surface area contributed by atoms with Crippen molar-refractivity contribution in [3.05, 3.63) is 53.5 Å². The first kappa shape index (κ1) is 24.2. The molecule has 0 saturated heterocycles. The molecule has 3 atom stereocenters. The fourth-order valence-corrected chi connectivity index (χ4v) is 3.61. The van der Waals surface area contributed by atoms with Gasteiger partial charge < -0.3 is 19.6 Å². The Kier molecular flexibility index (Phi) is 8.01. The Balaban J connectivity index is 1.98. The van der Waals surface area contributed by atoms with Crippen molar-refractivity contribution in [3.8, 4) is 17.7 Å². The van der Waals surface area contributed by atoms with Gasteiger partial charge in [-0.05, 0) is 25.1 Å². The van der Waals surface area contributed by atoms with Crippen molar-refractivity contribution in [1.29, 1.82) is 0 Å². The van der Waals surface area contributed by atoms with Crippen LogP contribution in [0.3, 0.4) is 0 Å². The lowest BCUT2D eigenvalue weighted by Crippen LogP contribution is -2.50. The molecule has 0 radical (unpaired) electrons. The van der Waals surface area contributed by atoms with Crippen LogP contribution in [0.4, 0.5) is 0 Å². The maximum Gasteiger partial charge on any atom is 0.259 e. The lowest BCUT2D eigenvalue weighted by Gasteiger charge is -2.37. The van der Waals surface area contributed by atoms with Crippen LogP contribution in [0.2, 0.25) is 0 Å². The normalized spacial score (nSPS) is 18.7. The second-order valence-electron chi connectivity index (χ2n) is 8.32. The number of amides is 2. The maximum absolute atomic E-state index is 13.4. The second-order valence-corrected chi connectivity index (χ2v) is 8.32. The van der Waals surface area contributed by atoms with Gasteiger partial charge >= 0.3 is 0 Å². The fraction of sp³-hybridized carbons (Fsp3) is 0.440. The van der Waals surface area contributed by atoms with E-state index in [1.807, 2.05) is 19.9 Å². The Morgan fingerprint density at radius 1 is 1.36 bits per heavy atom. The summed E-state index contributed by atoms with van der Waals surface area (Å²) in [4.78, 5) is 37.3. The van der Waals surface area contributed by atoms with Gasteiger partial charge in [-0.3, -0.25) is 14.6 Å². The molecular weight excluding hydrogens is 420 g/mol. The van der Waals surface area contributed by atoms with E-state index in [0.717, 1.165) is 5.56 Å². The monoisotopic (exact) mass is 450 g/mol. The van der Waals surface area contributed by atoms with Gasteiger partial charge in [0, 0.05) is 55.6 Å². The third-order valence-electron chi connectivity index (χ3n) is 5.72. The van der Waals surface area contributed by atoms with Crippen LogP contribution >= 0.6 is 0 Å². The molecule has 1 N–H and O–H groups in total. The zero-order chi connectivity index (χ0) is 24.0. The summed E-state index contributed by atoms with van der Waals surface area (Å²) in [6, 6.07) is 4.93. The Morgan fingerprint density at radius 2 is 2.12 bits per heavy atom. The molecule has 0 saturated carbocycles. The topological polar surface area (TPSA) is 95.9 Å². The lowest BCUT2D eigenvalue weighted by atomic mass is 10.00. The highest BCUT2D eigenvalue weighted by molar-refractivity contribution is 5.97. The first-order valence-corrected chi connectivity index (χ1v) is 11.1. The molecule has 1 aliphatic heterocycles. The minimum atomic E-state index is -0.383. The number of aliphatic hydroxyl groups is 1. The van der Waals surface area contributed by atoms with Crippen molar-refractivity contribution in [2.75, 3.05) is 26.7 Å². The molecule has 0 spiro atoms. The molecule has 1 aliphatic rings. The van der Waals surface area contributed by atoms with Crippen LogP contribution in [0, 0.1) is 17.8 Å². The predicted molar refractivity (Wildman–Crippen MR) is 124 cm³/mol. The third-order valence-corrected chi connectivity index (χ3v) is 5.72. The summed E-state index contributed by atoms with van der Waals surface area (Å²) in [7, 11) is 1.74. The van der Waals surface area contributed by atoms with Gasteiger partial charge in [0.05, 0.1) is 19.2 Å². The summed E-state index contributed by atoms with van der Waals surface area (Å²) >= 11 is 0. The largest absolute Gasteiger partial charge is 0.472 e. The summed E-state index contributed by atoms with van der Waals surface area (Å²) in [6.45, 7) is 6.17. The third kappa shape index (κ3) is 5.88. The van der Waals surface area contributed by atoms with E-state index in [-0.39, 0.29) is 47.9 Å². The molecule has 2 aromatic heterocycles. The number of pyridine rings is 2. The standard InChI is InChI=1S/C25H30N4O4/c1-5-23(31)28(4)15-22-17(2)14-29(18(3)16-30)25(32)21-11-20(13-27-24(21)33-22)9-8-19-7-6-10-26-12-19/h6-7,10-13,17-18,22,30H,5,14-16H2,1-4H3/t17-,18-,22+/m1/s1. The average Bonchev–Trinajstić information content (AvgIpc) is 2.84. The molecule has 0 bridgehead atoms. The Hall–Kier alpha value is -3.44. The molecule has 8 nitrogen and oxygen atoms in total. The molecule has 2 amide bonds. The van der Waals surface area contributed by atoms with Gasteiger partial charge in [0.25, 0.3) is 5.91 Å². The van der Waals surface area contributed by atoms with Gasteiger partial charge in [0.1, 0.15) is 11.7 Å². The van der Waals surface area contributed by atoms with Crippen LogP contribution in [-0.4, -0.2) is 75.6 Å². The van der Waals surface area contributed by atoms with Crippen molar-refractivity contribution in [2.24, 2.45) is 5.92 Å². The van der Waals surface area contributed by atoms with E-state index in [9.17, 15) is 14.7 Å². The van der Waals surface area contributed by atoms with E-state index in [2.05, 4.69) is 21.8 Å². The molecule has 3 rings (SSSR count). The Bertz CT molecular complexity index is 1050. The molecule has 8 heteroatoms. The summed E-state index contributed by atoms with van der Waals surface area (Å²) in [6.07, 6.45) is 4.93. The number of aromatic nitrogens is 2. The Labute approximate surface area is 194 Å². The number of nitrogens with zero attached hydrogens (tertiary/aromatic N) is 4. The van der Waals surface area contributed by atoms with Crippen molar-refractivity contribution in [3.63, 3.8) is 0 Å². The van der Waals surface area contributed by atoms with Crippen molar-refractivity contribution >= 4 is 11.8 Å². The van der Waals surface area contributed by atoms with Gasteiger partial charge in [0.2, 0.25) is 11.8 Å². The lowest BCUT2D eigenvalue weighted by molar-refractivity contribution is -0.131. The molecule has 174 valence electrons. The summed E-state index contributed by atoms with van der Waals surface area (Å²) in [5, 5.41) is 9.76. The van der Waals surface area contributed by atoms with Gasteiger partial charge in [-0.1, -0.05) is 25.7 Å². The summed E-state index contributed by atoms with van der Waals surface area (Å²) < 4.78 is 6.19. The van der Waals surface area contributed by atoms with Crippen LogP contribution in [-0.2, 0) is 4.79 Å². The van der Waals surface area contributed by atoms with Crippen LogP contribution in [0.25, 0.3) is 0 Å². The number of rotatable bonds is 5. The highest BCUT2D eigenvalue weighted by Crippen LogP contribution is 2.27. The predicted octanol–water partition coefficient (Wildman–Crippen LogP) is 1.96. The first-order valence-electron chi connectivity index (χ1n) is 11.1.